The highest BCUT2D eigenvalue weighted by atomic mass is 16.3. The van der Waals surface area contributed by atoms with Gasteiger partial charge in [-0.2, -0.15) is 15.0 Å². The molecular weight excluding hydrogens is 627 g/mol. The summed E-state index contributed by atoms with van der Waals surface area (Å²) in [6.45, 7) is 0. The van der Waals surface area contributed by atoms with Crippen LogP contribution in [-0.4, -0.2) is 24.1 Å². The van der Waals surface area contributed by atoms with Crippen LogP contribution in [0.25, 0.3) is 100.0 Å². The fourth-order valence-electron chi connectivity index (χ4n) is 7.79. The maximum Gasteiger partial charge on any atom is 0.240 e. The lowest BCUT2D eigenvalue weighted by molar-refractivity contribution is 0.669. The molecule has 4 aromatic heterocycles. The largest absolute Gasteiger partial charge is 0.456 e. The second kappa shape index (κ2) is 10.7. The van der Waals surface area contributed by atoms with Crippen LogP contribution < -0.4 is 0 Å². The molecule has 6 heteroatoms. The second-order valence-electron chi connectivity index (χ2n) is 12.9. The zero-order valence-corrected chi connectivity index (χ0v) is 27.2. The van der Waals surface area contributed by atoms with Gasteiger partial charge in [0.2, 0.25) is 11.9 Å². The van der Waals surface area contributed by atoms with Crippen LogP contribution in [0.2, 0.25) is 0 Å². The maximum atomic E-state index is 6.53. The predicted octanol–water partition coefficient (Wildman–Crippen LogP) is 11.3. The van der Waals surface area contributed by atoms with Gasteiger partial charge in [0.1, 0.15) is 11.2 Å². The Labute approximate surface area is 291 Å². The molecule has 0 amide bonds. The van der Waals surface area contributed by atoms with Crippen molar-refractivity contribution in [2.45, 2.75) is 0 Å². The van der Waals surface area contributed by atoms with E-state index in [-0.39, 0.29) is 0 Å². The van der Waals surface area contributed by atoms with E-state index in [1.54, 1.807) is 0 Å². The number of para-hydroxylation sites is 5. The van der Waals surface area contributed by atoms with Crippen molar-refractivity contribution in [1.29, 1.82) is 0 Å². The first-order valence-corrected chi connectivity index (χ1v) is 17.0. The molecular formula is C45H27N5O. The summed E-state index contributed by atoms with van der Waals surface area (Å²) in [6.07, 6.45) is 0. The molecule has 0 fully saturated rings. The van der Waals surface area contributed by atoms with E-state index in [0.717, 1.165) is 82.2 Å². The first-order chi connectivity index (χ1) is 25.3. The molecule has 11 aromatic rings. The SMILES string of the molecule is c1ccc(-c2cc(-c3nc(-n4c5ccccc5c5ccccc54)nc(-n4c5ccccc5c5ccccc54)n3)cc3oc4ccccc4c23)cc1. The lowest BCUT2D eigenvalue weighted by atomic mass is 9.97. The third kappa shape index (κ3) is 4.14. The predicted molar refractivity (Wildman–Crippen MR) is 207 cm³/mol. The second-order valence-corrected chi connectivity index (χ2v) is 12.9. The lowest BCUT2D eigenvalue weighted by Crippen LogP contribution is -2.10. The topological polar surface area (TPSA) is 61.7 Å². The summed E-state index contributed by atoms with van der Waals surface area (Å²) in [6, 6.07) is 56.7. The Morgan fingerprint density at radius 1 is 0.373 bits per heavy atom. The number of benzene rings is 7. The van der Waals surface area contributed by atoms with E-state index in [1.165, 1.54) is 0 Å². The fourth-order valence-corrected chi connectivity index (χ4v) is 7.79. The molecule has 0 N–H and O–H groups in total. The Morgan fingerprint density at radius 2 is 0.824 bits per heavy atom. The number of hydrogen-bond acceptors (Lipinski definition) is 4. The quantitative estimate of drug-likeness (QED) is 0.190. The zero-order valence-electron chi connectivity index (χ0n) is 27.2. The van der Waals surface area contributed by atoms with Gasteiger partial charge in [-0.05, 0) is 53.6 Å². The van der Waals surface area contributed by atoms with Crippen LogP contribution in [0.5, 0.6) is 0 Å². The highest BCUT2D eigenvalue weighted by molar-refractivity contribution is 6.14. The van der Waals surface area contributed by atoms with E-state index in [0.29, 0.717) is 17.7 Å². The Morgan fingerprint density at radius 3 is 1.35 bits per heavy atom. The number of fused-ring (bicyclic) bond motifs is 9. The van der Waals surface area contributed by atoms with E-state index >= 15 is 0 Å². The highest BCUT2D eigenvalue weighted by Crippen LogP contribution is 2.40. The molecule has 0 bridgehead atoms. The standard InChI is InChI=1S/C45H27N5O/c1-2-14-28(15-3-1)35-26-29(27-41-42(35)34-20-8-13-25-40(34)51-41)43-46-44(49-36-21-9-4-16-30(36)31-17-5-10-22-37(31)49)48-45(47-43)50-38-23-11-6-18-32(38)33-19-7-12-24-39(33)50/h1-27H. The van der Waals surface area contributed by atoms with Crippen LogP contribution in [0.3, 0.4) is 0 Å². The van der Waals surface area contributed by atoms with Crippen molar-refractivity contribution >= 4 is 65.6 Å². The molecule has 0 spiro atoms. The van der Waals surface area contributed by atoms with E-state index in [1.807, 2.05) is 18.2 Å². The van der Waals surface area contributed by atoms with Crippen LogP contribution in [0.4, 0.5) is 0 Å². The lowest BCUT2D eigenvalue weighted by Gasteiger charge is -2.13. The third-order valence-electron chi connectivity index (χ3n) is 9.99. The van der Waals surface area contributed by atoms with Crippen molar-refractivity contribution in [2.75, 3.05) is 0 Å². The summed E-state index contributed by atoms with van der Waals surface area (Å²) in [5, 5.41) is 6.71. The van der Waals surface area contributed by atoms with Gasteiger partial charge in [-0.25, -0.2) is 0 Å². The van der Waals surface area contributed by atoms with Crippen molar-refractivity contribution < 1.29 is 4.42 Å². The minimum Gasteiger partial charge on any atom is -0.456 e. The summed E-state index contributed by atoms with van der Waals surface area (Å²) >= 11 is 0. The first kappa shape index (κ1) is 27.9. The fraction of sp³-hybridized carbons (Fsp3) is 0. The van der Waals surface area contributed by atoms with Gasteiger partial charge in [0.05, 0.1) is 22.1 Å². The molecule has 0 unspecified atom stereocenters. The highest BCUT2D eigenvalue weighted by Gasteiger charge is 2.22. The van der Waals surface area contributed by atoms with Gasteiger partial charge in [-0.3, -0.25) is 9.13 Å². The van der Waals surface area contributed by atoms with Crippen LogP contribution in [-0.2, 0) is 0 Å². The molecule has 238 valence electrons. The van der Waals surface area contributed by atoms with E-state index in [9.17, 15) is 0 Å². The minimum absolute atomic E-state index is 0.542. The van der Waals surface area contributed by atoms with Crippen LogP contribution >= 0.6 is 0 Å². The average molecular weight is 654 g/mol. The summed E-state index contributed by atoms with van der Waals surface area (Å²) in [5.41, 5.74) is 8.73. The van der Waals surface area contributed by atoms with Crippen molar-refractivity contribution in [3.63, 3.8) is 0 Å². The van der Waals surface area contributed by atoms with Gasteiger partial charge in [-0.1, -0.05) is 121 Å². The Balaban J connectivity index is 1.27. The first-order valence-electron chi connectivity index (χ1n) is 17.0. The van der Waals surface area contributed by atoms with Crippen molar-refractivity contribution in [2.24, 2.45) is 0 Å². The van der Waals surface area contributed by atoms with Crippen molar-refractivity contribution in [1.82, 2.24) is 24.1 Å². The van der Waals surface area contributed by atoms with Crippen molar-refractivity contribution in [3.05, 3.63) is 164 Å². The minimum atomic E-state index is 0.542. The number of furan rings is 1. The Kier molecular flexibility index (Phi) is 5.86. The van der Waals surface area contributed by atoms with Gasteiger partial charge in [0.25, 0.3) is 0 Å². The zero-order chi connectivity index (χ0) is 33.5. The van der Waals surface area contributed by atoms with E-state index < -0.39 is 0 Å². The number of rotatable bonds is 4. The monoisotopic (exact) mass is 653 g/mol. The molecule has 51 heavy (non-hydrogen) atoms. The number of nitrogens with zero attached hydrogens (tertiary/aromatic N) is 5. The molecule has 0 radical (unpaired) electrons. The van der Waals surface area contributed by atoms with Crippen LogP contribution in [0, 0.1) is 0 Å². The third-order valence-corrected chi connectivity index (χ3v) is 9.99. The van der Waals surface area contributed by atoms with Gasteiger partial charge in [-0.15, -0.1) is 0 Å². The molecule has 7 aromatic carbocycles. The van der Waals surface area contributed by atoms with Crippen LogP contribution in [0.15, 0.2) is 168 Å². The smallest absolute Gasteiger partial charge is 0.240 e. The van der Waals surface area contributed by atoms with E-state index in [2.05, 4.69) is 155 Å². The average Bonchev–Trinajstić information content (AvgIpc) is 3.85. The Hall–Kier alpha value is -7.05. The van der Waals surface area contributed by atoms with Crippen LogP contribution in [0.1, 0.15) is 0 Å². The molecule has 0 atom stereocenters. The molecule has 0 aliphatic carbocycles. The molecule has 4 heterocycles. The summed E-state index contributed by atoms with van der Waals surface area (Å²) < 4.78 is 10.8. The van der Waals surface area contributed by atoms with Gasteiger partial charge < -0.3 is 4.42 Å². The van der Waals surface area contributed by atoms with Gasteiger partial charge in [0, 0.05) is 37.9 Å². The van der Waals surface area contributed by atoms with Crippen molar-refractivity contribution in [3.8, 4) is 34.4 Å². The normalized spacial score (nSPS) is 11.9. The molecule has 0 aliphatic heterocycles. The van der Waals surface area contributed by atoms with Gasteiger partial charge in [0.15, 0.2) is 5.82 Å². The maximum absolute atomic E-state index is 6.53. The number of aromatic nitrogens is 5. The summed E-state index contributed by atoms with van der Waals surface area (Å²) in [4.78, 5) is 15.9. The summed E-state index contributed by atoms with van der Waals surface area (Å²) in [5.74, 6) is 1.64. The van der Waals surface area contributed by atoms with E-state index in [4.69, 9.17) is 19.4 Å². The molecule has 0 saturated carbocycles. The van der Waals surface area contributed by atoms with Gasteiger partial charge >= 0.3 is 0 Å². The Bertz CT molecular complexity index is 2910. The molecule has 0 saturated heterocycles. The molecule has 0 aliphatic rings. The molecule has 11 rings (SSSR count). The molecule has 6 nitrogen and oxygen atoms in total. The number of hydrogen-bond donors (Lipinski definition) is 0. The summed E-state index contributed by atoms with van der Waals surface area (Å²) in [7, 11) is 0.